The number of aromatic nitrogens is 2. The molecule has 7 nitrogen and oxygen atoms in total. The zero-order valence-electron chi connectivity index (χ0n) is 12.5. The molecular formula is C14H19N3O4S. The van der Waals surface area contributed by atoms with Crippen LogP contribution in [-0.2, 0) is 10.0 Å². The van der Waals surface area contributed by atoms with Gasteiger partial charge in [-0.3, -0.25) is 9.59 Å². The fourth-order valence-electron chi connectivity index (χ4n) is 2.25. The fraction of sp³-hybridized carbons (Fsp3) is 0.429. The van der Waals surface area contributed by atoms with Crippen molar-refractivity contribution in [3.05, 3.63) is 38.9 Å². The molecular weight excluding hydrogens is 306 g/mol. The van der Waals surface area contributed by atoms with Gasteiger partial charge in [-0.15, -0.1) is 0 Å². The molecule has 0 fully saturated rings. The number of nitrogens with zero attached hydrogens (tertiary/aromatic N) is 1. The van der Waals surface area contributed by atoms with Crippen LogP contribution in [0.5, 0.6) is 0 Å². The van der Waals surface area contributed by atoms with E-state index >= 15 is 0 Å². The first-order valence-electron chi connectivity index (χ1n) is 7.16. The van der Waals surface area contributed by atoms with Gasteiger partial charge in [0, 0.05) is 13.1 Å². The molecule has 1 aromatic carbocycles. The molecule has 0 unspecified atom stereocenters. The highest BCUT2D eigenvalue weighted by Gasteiger charge is 2.23. The maximum atomic E-state index is 12.7. The first-order valence-corrected chi connectivity index (χ1v) is 8.60. The van der Waals surface area contributed by atoms with Gasteiger partial charge in [0.05, 0.1) is 15.9 Å². The summed E-state index contributed by atoms with van der Waals surface area (Å²) in [5.41, 5.74) is -0.887. The van der Waals surface area contributed by atoms with Gasteiger partial charge in [-0.2, -0.15) is 4.31 Å². The monoisotopic (exact) mass is 325 g/mol. The van der Waals surface area contributed by atoms with Crippen LogP contribution in [0.4, 0.5) is 0 Å². The molecule has 1 aromatic heterocycles. The van der Waals surface area contributed by atoms with Gasteiger partial charge in [0.15, 0.2) is 0 Å². The molecule has 1 heterocycles. The standard InChI is InChI=1S/C14H19N3O4S/c1-3-7-17(8-4-2)22(20,21)10-5-6-11-12(9-10)16-14(19)13(18)15-11/h5-6,9H,3-4,7-8H2,1-2H3,(H,15,18)(H,16,19). The van der Waals surface area contributed by atoms with E-state index in [0.29, 0.717) is 24.1 Å². The van der Waals surface area contributed by atoms with Crippen LogP contribution in [0, 0.1) is 0 Å². The van der Waals surface area contributed by atoms with Crippen molar-refractivity contribution < 1.29 is 8.42 Å². The van der Waals surface area contributed by atoms with Gasteiger partial charge in [0.1, 0.15) is 0 Å². The molecule has 120 valence electrons. The molecule has 0 saturated carbocycles. The summed E-state index contributed by atoms with van der Waals surface area (Å²) in [5, 5.41) is 0. The van der Waals surface area contributed by atoms with Crippen molar-refractivity contribution in [3.63, 3.8) is 0 Å². The van der Waals surface area contributed by atoms with E-state index in [1.807, 2.05) is 13.8 Å². The third-order valence-corrected chi connectivity index (χ3v) is 5.17. The van der Waals surface area contributed by atoms with Crippen LogP contribution < -0.4 is 11.1 Å². The van der Waals surface area contributed by atoms with Gasteiger partial charge in [-0.05, 0) is 31.0 Å². The highest BCUT2D eigenvalue weighted by atomic mass is 32.2. The van der Waals surface area contributed by atoms with Crippen molar-refractivity contribution in [2.24, 2.45) is 0 Å². The number of fused-ring (bicyclic) bond motifs is 1. The van der Waals surface area contributed by atoms with E-state index < -0.39 is 21.1 Å². The lowest BCUT2D eigenvalue weighted by molar-refractivity contribution is 0.410. The minimum absolute atomic E-state index is 0.101. The van der Waals surface area contributed by atoms with Crippen LogP contribution in [0.3, 0.4) is 0 Å². The molecule has 2 N–H and O–H groups in total. The molecule has 0 aliphatic carbocycles. The van der Waals surface area contributed by atoms with E-state index in [4.69, 9.17) is 0 Å². The van der Waals surface area contributed by atoms with Crippen molar-refractivity contribution >= 4 is 21.1 Å². The van der Waals surface area contributed by atoms with E-state index in [9.17, 15) is 18.0 Å². The van der Waals surface area contributed by atoms with Gasteiger partial charge in [0.2, 0.25) is 10.0 Å². The molecule has 0 bridgehead atoms. The van der Waals surface area contributed by atoms with Gasteiger partial charge in [-0.1, -0.05) is 13.8 Å². The van der Waals surface area contributed by atoms with Crippen molar-refractivity contribution in [2.45, 2.75) is 31.6 Å². The van der Waals surface area contributed by atoms with Crippen LogP contribution in [0.1, 0.15) is 26.7 Å². The van der Waals surface area contributed by atoms with Gasteiger partial charge >= 0.3 is 11.1 Å². The lowest BCUT2D eigenvalue weighted by Gasteiger charge is -2.21. The second-order valence-corrected chi connectivity index (χ2v) is 6.96. The Bertz CT molecular complexity index is 877. The second-order valence-electron chi connectivity index (χ2n) is 5.02. The molecule has 0 amide bonds. The van der Waals surface area contributed by atoms with Crippen LogP contribution in [0.25, 0.3) is 11.0 Å². The SMILES string of the molecule is CCCN(CCC)S(=O)(=O)c1ccc2[nH]c(=O)c(=O)[nH]c2c1. The Labute approximate surface area is 128 Å². The Hall–Kier alpha value is -1.93. The van der Waals surface area contributed by atoms with Crippen LogP contribution in [-0.4, -0.2) is 35.8 Å². The summed E-state index contributed by atoms with van der Waals surface area (Å²) >= 11 is 0. The second kappa shape index (κ2) is 6.45. The summed E-state index contributed by atoms with van der Waals surface area (Å²) in [7, 11) is -3.62. The van der Waals surface area contributed by atoms with E-state index in [0.717, 1.165) is 12.8 Å². The maximum absolute atomic E-state index is 12.7. The topological polar surface area (TPSA) is 103 Å². The van der Waals surface area contributed by atoms with Crippen molar-refractivity contribution in [2.75, 3.05) is 13.1 Å². The lowest BCUT2D eigenvalue weighted by Crippen LogP contribution is -2.33. The van der Waals surface area contributed by atoms with Crippen molar-refractivity contribution in [3.8, 4) is 0 Å². The largest absolute Gasteiger partial charge is 0.316 e. The van der Waals surface area contributed by atoms with Crippen LogP contribution in [0.2, 0.25) is 0 Å². The number of hydrogen-bond acceptors (Lipinski definition) is 4. The fourth-order valence-corrected chi connectivity index (χ4v) is 3.91. The average molecular weight is 325 g/mol. The highest BCUT2D eigenvalue weighted by molar-refractivity contribution is 7.89. The molecule has 0 aliphatic heterocycles. The molecule has 2 rings (SSSR count). The van der Waals surface area contributed by atoms with Gasteiger partial charge in [0.25, 0.3) is 0 Å². The Morgan fingerprint density at radius 1 is 0.955 bits per heavy atom. The maximum Gasteiger partial charge on any atom is 0.314 e. The Kier molecular flexibility index (Phi) is 4.82. The summed E-state index contributed by atoms with van der Waals surface area (Å²) in [4.78, 5) is 27.5. The quantitative estimate of drug-likeness (QED) is 0.774. The van der Waals surface area contributed by atoms with E-state index in [1.165, 1.54) is 22.5 Å². The third-order valence-electron chi connectivity index (χ3n) is 3.28. The molecule has 0 aliphatic rings. The number of H-pyrrole nitrogens is 2. The minimum atomic E-state index is -3.62. The minimum Gasteiger partial charge on any atom is -0.316 e. The number of rotatable bonds is 6. The summed E-state index contributed by atoms with van der Waals surface area (Å²) < 4.78 is 26.8. The summed E-state index contributed by atoms with van der Waals surface area (Å²) in [6, 6.07) is 4.29. The first kappa shape index (κ1) is 16.4. The molecule has 0 spiro atoms. The molecule has 0 radical (unpaired) electrons. The smallest absolute Gasteiger partial charge is 0.314 e. The van der Waals surface area contributed by atoms with Crippen molar-refractivity contribution in [1.29, 1.82) is 0 Å². The van der Waals surface area contributed by atoms with Crippen LogP contribution >= 0.6 is 0 Å². The summed E-state index contributed by atoms with van der Waals surface area (Å²) in [5.74, 6) is 0. The van der Waals surface area contributed by atoms with Crippen LogP contribution in [0.15, 0.2) is 32.7 Å². The number of hydrogen-bond donors (Lipinski definition) is 2. The summed E-state index contributed by atoms with van der Waals surface area (Å²) in [6.07, 6.45) is 1.44. The average Bonchev–Trinajstić information content (AvgIpc) is 2.47. The Balaban J connectivity index is 2.55. The number of sulfonamides is 1. The number of benzene rings is 1. The predicted octanol–water partition coefficient (Wildman–Crippen LogP) is 1.03. The number of aromatic amines is 2. The van der Waals surface area contributed by atoms with Gasteiger partial charge in [-0.25, -0.2) is 8.42 Å². The molecule has 8 heteroatoms. The molecule has 0 atom stereocenters. The molecule has 0 saturated heterocycles. The van der Waals surface area contributed by atoms with Gasteiger partial charge < -0.3 is 9.97 Å². The Morgan fingerprint density at radius 3 is 2.05 bits per heavy atom. The number of nitrogens with one attached hydrogen (secondary N) is 2. The third kappa shape index (κ3) is 3.12. The van der Waals surface area contributed by atoms with E-state index in [1.54, 1.807) is 0 Å². The predicted molar refractivity (Wildman–Crippen MR) is 84.5 cm³/mol. The van der Waals surface area contributed by atoms with E-state index in [2.05, 4.69) is 9.97 Å². The zero-order valence-corrected chi connectivity index (χ0v) is 13.4. The van der Waals surface area contributed by atoms with E-state index in [-0.39, 0.29) is 4.90 Å². The highest BCUT2D eigenvalue weighted by Crippen LogP contribution is 2.19. The Morgan fingerprint density at radius 2 is 1.50 bits per heavy atom. The lowest BCUT2D eigenvalue weighted by atomic mass is 10.3. The zero-order chi connectivity index (χ0) is 16.3. The first-order chi connectivity index (χ1) is 10.4. The summed E-state index contributed by atoms with van der Waals surface area (Å²) in [6.45, 7) is 4.72. The molecule has 22 heavy (non-hydrogen) atoms. The van der Waals surface area contributed by atoms with Crippen molar-refractivity contribution in [1.82, 2.24) is 14.3 Å². The molecule has 2 aromatic rings. The normalized spacial score (nSPS) is 12.1.